The van der Waals surface area contributed by atoms with Crippen LogP contribution in [0.1, 0.15) is 32.6 Å². The average Bonchev–Trinajstić information content (AvgIpc) is 3.06. The molecule has 1 rings (SSSR count). The summed E-state index contributed by atoms with van der Waals surface area (Å²) in [7, 11) is -2.85. The summed E-state index contributed by atoms with van der Waals surface area (Å²) in [5, 5.41) is 7.21. The molecule has 0 heterocycles. The second kappa shape index (κ2) is 6.35. The Labute approximate surface area is 104 Å². The van der Waals surface area contributed by atoms with Gasteiger partial charge < -0.3 is 5.73 Å². The molecule has 0 aromatic carbocycles. The number of nitrogens with zero attached hydrogens (tertiary/aromatic N) is 1. The Kier molecular flexibility index (Phi) is 5.39. The summed E-state index contributed by atoms with van der Waals surface area (Å²) in [5.74, 6) is 0.702. The molecule has 0 bridgehead atoms. The van der Waals surface area contributed by atoms with Gasteiger partial charge in [0.15, 0.2) is 0 Å². The van der Waals surface area contributed by atoms with Gasteiger partial charge in [0.2, 0.25) is 0 Å². The molecule has 0 amide bonds. The molecule has 0 atom stereocenters. The first kappa shape index (κ1) is 14.4. The van der Waals surface area contributed by atoms with Crippen LogP contribution in [-0.2, 0) is 9.84 Å². The highest BCUT2D eigenvalue weighted by Crippen LogP contribution is 2.26. The third-order valence-corrected chi connectivity index (χ3v) is 4.86. The van der Waals surface area contributed by atoms with Gasteiger partial charge in [0.05, 0.1) is 11.6 Å². The molecule has 3 N–H and O–H groups in total. The number of nitrogens with two attached hydrogens (primary N) is 1. The SMILES string of the molecule is CCS(=O)(=O)CCCN(CCC(=N)N)C1CC1. The second-order valence-electron chi connectivity index (χ2n) is 4.63. The standard InChI is InChI=1S/C11H23N3O2S/c1-2-17(15,16)9-3-7-14(10-4-5-10)8-6-11(12)13/h10H,2-9H2,1H3,(H3,12,13). The molecule has 0 spiro atoms. The van der Waals surface area contributed by atoms with Gasteiger partial charge >= 0.3 is 0 Å². The fourth-order valence-corrected chi connectivity index (χ4v) is 2.67. The van der Waals surface area contributed by atoms with E-state index in [2.05, 4.69) is 4.90 Å². The molecular weight excluding hydrogens is 238 g/mol. The zero-order chi connectivity index (χ0) is 12.9. The van der Waals surface area contributed by atoms with Crippen molar-refractivity contribution in [2.75, 3.05) is 24.6 Å². The van der Waals surface area contributed by atoms with E-state index in [9.17, 15) is 8.42 Å². The maximum Gasteiger partial charge on any atom is 0.150 e. The first-order chi connectivity index (χ1) is 7.94. The molecule has 1 aliphatic carbocycles. The van der Waals surface area contributed by atoms with Crippen LogP contribution in [-0.4, -0.2) is 49.8 Å². The lowest BCUT2D eigenvalue weighted by molar-refractivity contribution is 0.271. The minimum absolute atomic E-state index is 0.205. The molecular formula is C11H23N3O2S. The molecule has 6 heteroatoms. The maximum absolute atomic E-state index is 11.4. The van der Waals surface area contributed by atoms with Crippen LogP contribution >= 0.6 is 0 Å². The van der Waals surface area contributed by atoms with Crippen LogP contribution in [0.2, 0.25) is 0 Å². The van der Waals surface area contributed by atoms with Crippen LogP contribution in [0.3, 0.4) is 0 Å². The smallest absolute Gasteiger partial charge is 0.150 e. The van der Waals surface area contributed by atoms with Crippen molar-refractivity contribution in [3.05, 3.63) is 0 Å². The van der Waals surface area contributed by atoms with E-state index in [1.165, 1.54) is 12.8 Å². The minimum atomic E-state index is -2.85. The first-order valence-corrected chi connectivity index (χ1v) is 8.04. The average molecular weight is 261 g/mol. The van der Waals surface area contributed by atoms with E-state index < -0.39 is 9.84 Å². The van der Waals surface area contributed by atoms with Gasteiger partial charge in [-0.05, 0) is 25.8 Å². The molecule has 17 heavy (non-hydrogen) atoms. The second-order valence-corrected chi connectivity index (χ2v) is 7.11. The van der Waals surface area contributed by atoms with Crippen molar-refractivity contribution in [2.45, 2.75) is 38.6 Å². The lowest BCUT2D eigenvalue weighted by Crippen LogP contribution is -2.32. The monoisotopic (exact) mass is 261 g/mol. The van der Waals surface area contributed by atoms with E-state index in [1.807, 2.05) is 0 Å². The van der Waals surface area contributed by atoms with Crippen LogP contribution in [0, 0.1) is 5.41 Å². The predicted molar refractivity (Wildman–Crippen MR) is 70.1 cm³/mol. The summed E-state index contributed by atoms with van der Waals surface area (Å²) >= 11 is 0. The largest absolute Gasteiger partial charge is 0.388 e. The minimum Gasteiger partial charge on any atom is -0.388 e. The molecule has 0 saturated heterocycles. The lowest BCUT2D eigenvalue weighted by atomic mass is 10.3. The highest BCUT2D eigenvalue weighted by molar-refractivity contribution is 7.91. The van der Waals surface area contributed by atoms with Crippen molar-refractivity contribution in [2.24, 2.45) is 5.73 Å². The normalized spacial score (nSPS) is 16.4. The van der Waals surface area contributed by atoms with Gasteiger partial charge in [-0.1, -0.05) is 6.92 Å². The van der Waals surface area contributed by atoms with Gasteiger partial charge in [-0.25, -0.2) is 8.42 Å². The molecule has 1 saturated carbocycles. The number of sulfone groups is 1. The highest BCUT2D eigenvalue weighted by atomic mass is 32.2. The summed E-state index contributed by atoms with van der Waals surface area (Å²) < 4.78 is 22.7. The van der Waals surface area contributed by atoms with E-state index >= 15 is 0 Å². The molecule has 0 aromatic rings. The van der Waals surface area contributed by atoms with Crippen molar-refractivity contribution >= 4 is 15.7 Å². The summed E-state index contributed by atoms with van der Waals surface area (Å²) in [5.41, 5.74) is 5.34. The number of amidine groups is 1. The van der Waals surface area contributed by atoms with Crippen LogP contribution in [0.25, 0.3) is 0 Å². The molecule has 0 unspecified atom stereocenters. The lowest BCUT2D eigenvalue weighted by Gasteiger charge is -2.21. The van der Waals surface area contributed by atoms with Gasteiger partial charge in [0, 0.05) is 24.8 Å². The van der Waals surface area contributed by atoms with E-state index in [-0.39, 0.29) is 17.3 Å². The molecule has 100 valence electrons. The number of nitrogens with one attached hydrogen (secondary N) is 1. The quantitative estimate of drug-likeness (QED) is 0.470. The van der Waals surface area contributed by atoms with E-state index in [0.717, 1.165) is 13.1 Å². The Balaban J connectivity index is 2.27. The molecule has 1 fully saturated rings. The third kappa shape index (κ3) is 6.02. The summed E-state index contributed by atoms with van der Waals surface area (Å²) in [6.07, 6.45) is 3.65. The molecule has 0 aliphatic heterocycles. The van der Waals surface area contributed by atoms with Crippen molar-refractivity contribution < 1.29 is 8.42 Å². The zero-order valence-electron chi connectivity index (χ0n) is 10.5. The fourth-order valence-electron chi connectivity index (χ4n) is 1.81. The number of hydrogen-bond acceptors (Lipinski definition) is 4. The highest BCUT2D eigenvalue weighted by Gasteiger charge is 2.28. The van der Waals surface area contributed by atoms with Gasteiger partial charge in [0.25, 0.3) is 0 Å². The Bertz CT molecular complexity index is 350. The molecule has 0 aromatic heterocycles. The van der Waals surface area contributed by atoms with Gasteiger partial charge in [-0.15, -0.1) is 0 Å². The summed E-state index contributed by atoms with van der Waals surface area (Å²) in [6, 6.07) is 0.596. The van der Waals surface area contributed by atoms with Gasteiger partial charge in [0.1, 0.15) is 9.84 Å². The third-order valence-electron chi connectivity index (χ3n) is 3.07. The van der Waals surface area contributed by atoms with Crippen molar-refractivity contribution in [1.82, 2.24) is 4.90 Å². The van der Waals surface area contributed by atoms with Crippen molar-refractivity contribution in [1.29, 1.82) is 5.41 Å². The topological polar surface area (TPSA) is 87.2 Å². The van der Waals surface area contributed by atoms with Crippen LogP contribution < -0.4 is 5.73 Å². The summed E-state index contributed by atoms with van der Waals surface area (Å²) in [4.78, 5) is 2.27. The van der Waals surface area contributed by atoms with Gasteiger partial charge in [-0.3, -0.25) is 10.3 Å². The van der Waals surface area contributed by atoms with Crippen LogP contribution in [0.5, 0.6) is 0 Å². The Hall–Kier alpha value is -0.620. The number of hydrogen-bond donors (Lipinski definition) is 2. The fraction of sp³-hybridized carbons (Fsp3) is 0.909. The zero-order valence-corrected chi connectivity index (χ0v) is 11.3. The Morgan fingerprint density at radius 3 is 2.53 bits per heavy atom. The Morgan fingerprint density at radius 1 is 1.41 bits per heavy atom. The van der Waals surface area contributed by atoms with Gasteiger partial charge in [-0.2, -0.15) is 0 Å². The Morgan fingerprint density at radius 2 is 2.06 bits per heavy atom. The van der Waals surface area contributed by atoms with Crippen LogP contribution in [0.4, 0.5) is 0 Å². The van der Waals surface area contributed by atoms with Crippen LogP contribution in [0.15, 0.2) is 0 Å². The van der Waals surface area contributed by atoms with E-state index in [0.29, 0.717) is 18.9 Å². The van der Waals surface area contributed by atoms with Crippen molar-refractivity contribution in [3.8, 4) is 0 Å². The molecule has 0 radical (unpaired) electrons. The van der Waals surface area contributed by atoms with E-state index in [4.69, 9.17) is 11.1 Å². The number of rotatable bonds is 9. The first-order valence-electron chi connectivity index (χ1n) is 6.22. The maximum atomic E-state index is 11.4. The molecule has 5 nitrogen and oxygen atoms in total. The van der Waals surface area contributed by atoms with E-state index in [1.54, 1.807) is 6.92 Å². The van der Waals surface area contributed by atoms with Crippen molar-refractivity contribution in [3.63, 3.8) is 0 Å². The molecule has 1 aliphatic rings. The predicted octanol–water partition coefficient (Wildman–Crippen LogP) is 0.602. The summed E-state index contributed by atoms with van der Waals surface area (Å²) in [6.45, 7) is 3.27.